The zero-order chi connectivity index (χ0) is 20.5. The highest BCUT2D eigenvalue weighted by atomic mass is 32.2. The Morgan fingerprint density at radius 2 is 2.04 bits per heavy atom. The second-order valence-electron chi connectivity index (χ2n) is 8.42. The molecule has 0 amide bonds. The molecule has 0 radical (unpaired) electrons. The molecular formula is C21H31FO5S. The number of hydrogen-bond acceptors (Lipinski definition) is 5. The standard InChI is InChI=1S/C21H31FO5S/c1-5-21(2)18(12-19(22)20(21)27-28(4,23)24)16-7-6-15-11-17(26-13-25-3)9-8-14(15)10-16/h8-9,11,16,18-20H,5-7,10,12-13H2,1-4H3/t16?,18?,19-,20+,21+/m1/s1/i22-1. The van der Waals surface area contributed by atoms with Crippen LogP contribution in [0.3, 0.4) is 0 Å². The molecule has 1 fully saturated rings. The number of ether oxygens (including phenoxy) is 2. The lowest BCUT2D eigenvalue weighted by molar-refractivity contribution is 0.0149. The van der Waals surface area contributed by atoms with E-state index in [4.69, 9.17) is 13.7 Å². The number of methoxy groups -OCH3 is 1. The minimum absolute atomic E-state index is 0.0943. The summed E-state index contributed by atoms with van der Waals surface area (Å²) >= 11 is 0. The fourth-order valence-corrected chi connectivity index (χ4v) is 5.85. The number of hydrogen-bond donors (Lipinski definition) is 0. The maximum atomic E-state index is 14.9. The van der Waals surface area contributed by atoms with Crippen LogP contribution in [0.1, 0.15) is 44.2 Å². The summed E-state index contributed by atoms with van der Waals surface area (Å²) in [5.74, 6) is 1.20. The van der Waals surface area contributed by atoms with E-state index >= 15 is 0 Å². The van der Waals surface area contributed by atoms with Crippen LogP contribution >= 0.6 is 0 Å². The molecule has 0 N–H and O–H groups in total. The van der Waals surface area contributed by atoms with Gasteiger partial charge in [-0.05, 0) is 67.2 Å². The van der Waals surface area contributed by atoms with Crippen molar-refractivity contribution in [2.75, 3.05) is 20.2 Å². The summed E-state index contributed by atoms with van der Waals surface area (Å²) in [6.07, 6.45) is 2.64. The molecule has 2 aliphatic rings. The molecule has 7 heteroatoms. The highest BCUT2D eigenvalue weighted by Crippen LogP contribution is 2.54. The van der Waals surface area contributed by atoms with E-state index in [1.54, 1.807) is 7.11 Å². The third-order valence-electron chi connectivity index (χ3n) is 6.70. The van der Waals surface area contributed by atoms with Gasteiger partial charge in [0.05, 0.1) is 6.26 Å². The Balaban J connectivity index is 1.79. The van der Waals surface area contributed by atoms with E-state index in [9.17, 15) is 12.8 Å². The number of benzene rings is 1. The summed E-state index contributed by atoms with van der Waals surface area (Å²) in [4.78, 5) is 0. The molecule has 0 aliphatic heterocycles. The second-order valence-corrected chi connectivity index (χ2v) is 10.0. The number of alkyl halides is 1. The van der Waals surface area contributed by atoms with Gasteiger partial charge in [0.1, 0.15) is 18.0 Å². The molecule has 5 nitrogen and oxygen atoms in total. The second kappa shape index (κ2) is 8.28. The normalized spacial score (nSPS) is 32.9. The third-order valence-corrected chi connectivity index (χ3v) is 7.26. The molecular weight excluding hydrogens is 382 g/mol. The lowest BCUT2D eigenvalue weighted by Gasteiger charge is -2.41. The Labute approximate surface area is 167 Å². The van der Waals surface area contributed by atoms with E-state index in [0.717, 1.165) is 31.3 Å². The maximum absolute atomic E-state index is 14.9. The van der Waals surface area contributed by atoms with Crippen molar-refractivity contribution in [3.8, 4) is 5.75 Å². The van der Waals surface area contributed by atoms with E-state index in [2.05, 4.69) is 12.1 Å². The van der Waals surface area contributed by atoms with E-state index in [1.807, 2.05) is 19.9 Å². The first-order valence-corrected chi connectivity index (χ1v) is 11.8. The van der Waals surface area contributed by atoms with Crippen molar-refractivity contribution in [3.63, 3.8) is 0 Å². The molecule has 1 saturated carbocycles. The summed E-state index contributed by atoms with van der Waals surface area (Å²) in [6.45, 7) is 4.21. The molecule has 158 valence electrons. The summed E-state index contributed by atoms with van der Waals surface area (Å²) in [5, 5.41) is 0. The van der Waals surface area contributed by atoms with Crippen molar-refractivity contribution in [1.29, 1.82) is 0 Å². The zero-order valence-electron chi connectivity index (χ0n) is 17.1. The van der Waals surface area contributed by atoms with Gasteiger partial charge in [-0.1, -0.05) is 19.9 Å². The molecule has 0 aromatic heterocycles. The van der Waals surface area contributed by atoms with Gasteiger partial charge in [-0.15, -0.1) is 0 Å². The average molecular weight is 414 g/mol. The van der Waals surface area contributed by atoms with E-state index in [1.165, 1.54) is 11.1 Å². The Morgan fingerprint density at radius 1 is 1.29 bits per heavy atom. The zero-order valence-corrected chi connectivity index (χ0v) is 17.9. The van der Waals surface area contributed by atoms with Crippen LogP contribution in [0.4, 0.5) is 4.39 Å². The van der Waals surface area contributed by atoms with Gasteiger partial charge in [-0.25, -0.2) is 4.39 Å². The van der Waals surface area contributed by atoms with Crippen molar-refractivity contribution in [3.05, 3.63) is 29.3 Å². The van der Waals surface area contributed by atoms with E-state index in [0.29, 0.717) is 18.8 Å². The first kappa shape index (κ1) is 21.5. The van der Waals surface area contributed by atoms with Crippen molar-refractivity contribution in [1.82, 2.24) is 0 Å². The van der Waals surface area contributed by atoms with E-state index in [-0.39, 0.29) is 12.7 Å². The Bertz CT molecular complexity index is 796. The Kier molecular flexibility index (Phi) is 6.37. The fourth-order valence-electron chi connectivity index (χ4n) is 5.13. The van der Waals surface area contributed by atoms with Gasteiger partial charge in [0, 0.05) is 12.5 Å². The van der Waals surface area contributed by atoms with Gasteiger partial charge in [0.25, 0.3) is 10.1 Å². The summed E-state index contributed by atoms with van der Waals surface area (Å²) in [7, 11) is -2.11. The quantitative estimate of drug-likeness (QED) is 0.501. The number of halogens is 1. The van der Waals surface area contributed by atoms with E-state index < -0.39 is 27.8 Å². The van der Waals surface area contributed by atoms with Crippen LogP contribution in [-0.4, -0.2) is 40.9 Å². The summed E-state index contributed by atoms with van der Waals surface area (Å²) in [5.41, 5.74) is 2.04. The fraction of sp³-hybridized carbons (Fsp3) is 0.714. The molecule has 1 aromatic carbocycles. The molecule has 28 heavy (non-hydrogen) atoms. The van der Waals surface area contributed by atoms with Gasteiger partial charge >= 0.3 is 0 Å². The molecule has 2 aliphatic carbocycles. The van der Waals surface area contributed by atoms with Crippen molar-refractivity contribution in [2.45, 2.75) is 58.2 Å². The molecule has 0 heterocycles. The van der Waals surface area contributed by atoms with Gasteiger partial charge in [-0.2, -0.15) is 8.42 Å². The molecule has 3 rings (SSSR count). The molecule has 1 aromatic rings. The lowest BCUT2D eigenvalue weighted by atomic mass is 9.65. The first-order chi connectivity index (χ1) is 13.2. The number of rotatable bonds is 7. The van der Waals surface area contributed by atoms with Crippen LogP contribution < -0.4 is 4.74 Å². The molecule has 0 saturated heterocycles. The molecule has 0 spiro atoms. The largest absolute Gasteiger partial charge is 0.468 e. The van der Waals surface area contributed by atoms with Gasteiger partial charge in [0.15, 0.2) is 6.79 Å². The molecule has 0 bridgehead atoms. The topological polar surface area (TPSA) is 61.8 Å². The Hall–Kier alpha value is -1.18. The van der Waals surface area contributed by atoms with Crippen LogP contribution in [0.15, 0.2) is 18.2 Å². The van der Waals surface area contributed by atoms with Crippen LogP contribution in [0.5, 0.6) is 5.75 Å². The smallest absolute Gasteiger partial charge is 0.264 e. The predicted octanol–water partition coefficient (Wildman–Crippen LogP) is 3.89. The average Bonchev–Trinajstić information content (AvgIpc) is 2.90. The first-order valence-electron chi connectivity index (χ1n) is 9.93. The highest BCUT2D eigenvalue weighted by Gasteiger charge is 2.55. The van der Waals surface area contributed by atoms with Gasteiger partial charge < -0.3 is 9.47 Å². The third kappa shape index (κ3) is 4.36. The predicted molar refractivity (Wildman–Crippen MR) is 106 cm³/mol. The number of fused-ring (bicyclic) bond motifs is 1. The van der Waals surface area contributed by atoms with Crippen LogP contribution in [0.2, 0.25) is 0 Å². The van der Waals surface area contributed by atoms with Crippen LogP contribution in [-0.2, 0) is 31.9 Å². The monoisotopic (exact) mass is 413 g/mol. The van der Waals surface area contributed by atoms with Crippen molar-refractivity contribution in [2.24, 2.45) is 17.3 Å². The lowest BCUT2D eigenvalue weighted by Crippen LogP contribution is -2.41. The molecule has 5 atom stereocenters. The van der Waals surface area contributed by atoms with Crippen LogP contribution in [0.25, 0.3) is 0 Å². The minimum Gasteiger partial charge on any atom is -0.468 e. The highest BCUT2D eigenvalue weighted by molar-refractivity contribution is 7.86. The Morgan fingerprint density at radius 3 is 2.68 bits per heavy atom. The number of aryl methyl sites for hydroxylation is 1. The van der Waals surface area contributed by atoms with Crippen molar-refractivity contribution >= 4 is 10.1 Å². The molecule has 2 unspecified atom stereocenters. The van der Waals surface area contributed by atoms with Gasteiger partial charge in [0.2, 0.25) is 0 Å². The minimum atomic E-state index is -3.70. The summed E-state index contributed by atoms with van der Waals surface area (Å²) < 4.78 is 53.9. The van der Waals surface area contributed by atoms with Crippen molar-refractivity contribution < 1.29 is 26.5 Å². The summed E-state index contributed by atoms with van der Waals surface area (Å²) in [6, 6.07) is 6.09. The SMILES string of the molecule is CC[C@@]1(C)C(C2CCc3cc(OCOC)ccc3C2)C[C@@H]([18F])[C@@H]1OS(C)(=O)=O. The van der Waals surface area contributed by atoms with Crippen LogP contribution in [0, 0.1) is 17.3 Å². The maximum Gasteiger partial charge on any atom is 0.264 e. The van der Waals surface area contributed by atoms with Gasteiger partial charge in [-0.3, -0.25) is 4.18 Å².